The van der Waals surface area contributed by atoms with Gasteiger partial charge in [-0.1, -0.05) is 6.07 Å². The molecule has 0 unspecified atom stereocenters. The van der Waals surface area contributed by atoms with Gasteiger partial charge in [0.25, 0.3) is 0 Å². The van der Waals surface area contributed by atoms with Gasteiger partial charge in [0.1, 0.15) is 22.8 Å². The Morgan fingerprint density at radius 1 is 1.05 bits per heavy atom. The van der Waals surface area contributed by atoms with Gasteiger partial charge in [0.2, 0.25) is 0 Å². The van der Waals surface area contributed by atoms with Crippen LogP contribution in [0.1, 0.15) is 10.4 Å². The molecule has 0 saturated heterocycles. The van der Waals surface area contributed by atoms with Crippen molar-refractivity contribution < 1.29 is 24.5 Å². The maximum Gasteiger partial charge on any atom is 0.339 e. The molecular weight excluding hydrogens is 260 g/mol. The van der Waals surface area contributed by atoms with Gasteiger partial charge < -0.3 is 19.7 Å². The lowest BCUT2D eigenvalue weighted by atomic mass is 10.0. The van der Waals surface area contributed by atoms with E-state index in [1.54, 1.807) is 31.4 Å². The van der Waals surface area contributed by atoms with Crippen LogP contribution in [0.5, 0.6) is 17.2 Å². The number of aromatic hydroxyl groups is 1. The highest BCUT2D eigenvalue weighted by Gasteiger charge is 2.13. The average molecular weight is 274 g/mol. The van der Waals surface area contributed by atoms with Gasteiger partial charge in [-0.2, -0.15) is 0 Å². The van der Waals surface area contributed by atoms with Crippen molar-refractivity contribution in [2.24, 2.45) is 0 Å². The third-order valence-corrected chi connectivity index (χ3v) is 2.95. The summed E-state index contributed by atoms with van der Waals surface area (Å²) in [6.45, 7) is 0. The van der Waals surface area contributed by atoms with Crippen molar-refractivity contribution in [3.8, 4) is 28.4 Å². The molecule has 0 radical (unpaired) electrons. The molecule has 0 heterocycles. The molecular formula is C15H14O5. The summed E-state index contributed by atoms with van der Waals surface area (Å²) in [5.74, 6) is -0.250. The maximum absolute atomic E-state index is 11.0. The van der Waals surface area contributed by atoms with E-state index in [2.05, 4.69) is 0 Å². The largest absolute Gasteiger partial charge is 0.507 e. The number of carbonyl (C=O) groups is 1. The van der Waals surface area contributed by atoms with Gasteiger partial charge in [0.15, 0.2) is 0 Å². The molecule has 0 aromatic heterocycles. The van der Waals surface area contributed by atoms with Crippen molar-refractivity contribution in [1.29, 1.82) is 0 Å². The Morgan fingerprint density at radius 2 is 1.80 bits per heavy atom. The summed E-state index contributed by atoms with van der Waals surface area (Å²) in [5, 5.41) is 18.6. The van der Waals surface area contributed by atoms with E-state index in [-0.39, 0.29) is 11.3 Å². The minimum absolute atomic E-state index is 0.152. The first-order chi connectivity index (χ1) is 9.56. The number of ether oxygens (including phenoxy) is 2. The lowest BCUT2D eigenvalue weighted by Crippen LogP contribution is -1.97. The fraction of sp³-hybridized carbons (Fsp3) is 0.133. The first-order valence-corrected chi connectivity index (χ1v) is 5.85. The van der Waals surface area contributed by atoms with E-state index in [1.165, 1.54) is 19.2 Å². The van der Waals surface area contributed by atoms with Crippen LogP contribution < -0.4 is 9.47 Å². The molecule has 0 aliphatic carbocycles. The fourth-order valence-corrected chi connectivity index (χ4v) is 1.91. The van der Waals surface area contributed by atoms with E-state index in [9.17, 15) is 9.90 Å². The summed E-state index contributed by atoms with van der Waals surface area (Å²) in [7, 11) is 3.08. The minimum Gasteiger partial charge on any atom is -0.507 e. The zero-order valence-electron chi connectivity index (χ0n) is 11.1. The molecule has 0 amide bonds. The highest BCUT2D eigenvalue weighted by molar-refractivity contribution is 5.93. The number of phenols is 1. The highest BCUT2D eigenvalue weighted by Crippen LogP contribution is 2.35. The average Bonchev–Trinajstić information content (AvgIpc) is 2.46. The molecule has 2 N–H and O–H groups in total. The summed E-state index contributed by atoms with van der Waals surface area (Å²) in [6.07, 6.45) is 0. The standard InChI is InChI=1S/C15H14O5/c1-19-10-4-5-11(14(8-10)20-2)9-3-6-13(16)12(7-9)15(17)18/h3-8,16H,1-2H3,(H,17,18). The van der Waals surface area contributed by atoms with Crippen molar-refractivity contribution in [1.82, 2.24) is 0 Å². The van der Waals surface area contributed by atoms with Crippen molar-refractivity contribution in [3.05, 3.63) is 42.0 Å². The maximum atomic E-state index is 11.0. The lowest BCUT2D eigenvalue weighted by molar-refractivity contribution is 0.0694. The molecule has 5 heteroatoms. The topological polar surface area (TPSA) is 76.0 Å². The van der Waals surface area contributed by atoms with Crippen LogP contribution in [0.25, 0.3) is 11.1 Å². The van der Waals surface area contributed by atoms with E-state index in [1.807, 2.05) is 0 Å². The van der Waals surface area contributed by atoms with Gasteiger partial charge in [-0.25, -0.2) is 4.79 Å². The van der Waals surface area contributed by atoms with Crippen LogP contribution in [-0.2, 0) is 0 Å². The third-order valence-electron chi connectivity index (χ3n) is 2.95. The molecule has 0 saturated carbocycles. The number of rotatable bonds is 4. The first kappa shape index (κ1) is 13.7. The summed E-state index contributed by atoms with van der Waals surface area (Å²) in [4.78, 5) is 11.0. The molecule has 5 nitrogen and oxygen atoms in total. The summed E-state index contributed by atoms with van der Waals surface area (Å²) >= 11 is 0. The quantitative estimate of drug-likeness (QED) is 0.896. The molecule has 104 valence electrons. The van der Waals surface area contributed by atoms with Gasteiger partial charge in [0, 0.05) is 11.6 Å². The van der Waals surface area contributed by atoms with Crippen molar-refractivity contribution in [3.63, 3.8) is 0 Å². The molecule has 0 bridgehead atoms. The van der Waals surface area contributed by atoms with E-state index < -0.39 is 5.97 Å². The molecule has 20 heavy (non-hydrogen) atoms. The van der Waals surface area contributed by atoms with E-state index >= 15 is 0 Å². The number of aromatic carboxylic acids is 1. The van der Waals surface area contributed by atoms with Crippen LogP contribution in [0.2, 0.25) is 0 Å². The van der Waals surface area contributed by atoms with Gasteiger partial charge >= 0.3 is 5.97 Å². The van der Waals surface area contributed by atoms with Crippen molar-refractivity contribution in [2.45, 2.75) is 0 Å². The molecule has 2 rings (SSSR count). The van der Waals surface area contributed by atoms with Crippen molar-refractivity contribution in [2.75, 3.05) is 14.2 Å². The highest BCUT2D eigenvalue weighted by atomic mass is 16.5. The molecule has 0 aliphatic rings. The number of hydrogen-bond acceptors (Lipinski definition) is 4. The SMILES string of the molecule is COc1ccc(-c2ccc(O)c(C(=O)O)c2)c(OC)c1. The Kier molecular flexibility index (Phi) is 3.79. The van der Waals surface area contributed by atoms with Gasteiger partial charge in [-0.3, -0.25) is 0 Å². The predicted molar refractivity (Wildman–Crippen MR) is 73.6 cm³/mol. The molecule has 0 spiro atoms. The predicted octanol–water partition coefficient (Wildman–Crippen LogP) is 2.77. The Labute approximate surface area is 116 Å². The Hall–Kier alpha value is -2.69. The fourth-order valence-electron chi connectivity index (χ4n) is 1.91. The monoisotopic (exact) mass is 274 g/mol. The van der Waals surface area contributed by atoms with Gasteiger partial charge in [-0.05, 0) is 29.8 Å². The van der Waals surface area contributed by atoms with Gasteiger partial charge in [0.05, 0.1) is 14.2 Å². The second-order valence-electron chi connectivity index (χ2n) is 4.10. The van der Waals surface area contributed by atoms with Crippen LogP contribution in [0.15, 0.2) is 36.4 Å². The van der Waals surface area contributed by atoms with Crippen LogP contribution in [0.4, 0.5) is 0 Å². The van der Waals surface area contributed by atoms with E-state index in [0.717, 1.165) is 5.56 Å². The minimum atomic E-state index is -1.18. The van der Waals surface area contributed by atoms with Crippen LogP contribution in [0.3, 0.4) is 0 Å². The first-order valence-electron chi connectivity index (χ1n) is 5.85. The number of methoxy groups -OCH3 is 2. The van der Waals surface area contributed by atoms with E-state index in [0.29, 0.717) is 17.1 Å². The normalized spacial score (nSPS) is 10.1. The Bertz CT molecular complexity index is 649. The lowest BCUT2D eigenvalue weighted by Gasteiger charge is -2.11. The third kappa shape index (κ3) is 2.51. The van der Waals surface area contributed by atoms with Gasteiger partial charge in [-0.15, -0.1) is 0 Å². The number of benzene rings is 2. The number of hydrogen-bond donors (Lipinski definition) is 2. The van der Waals surface area contributed by atoms with Crippen LogP contribution >= 0.6 is 0 Å². The molecule has 2 aromatic carbocycles. The van der Waals surface area contributed by atoms with Crippen LogP contribution in [-0.4, -0.2) is 30.4 Å². The second-order valence-corrected chi connectivity index (χ2v) is 4.10. The zero-order valence-corrected chi connectivity index (χ0v) is 11.1. The molecule has 2 aromatic rings. The zero-order chi connectivity index (χ0) is 14.7. The summed E-state index contributed by atoms with van der Waals surface area (Å²) in [6, 6.07) is 9.63. The Balaban J connectivity index is 2.56. The number of carboxylic acids is 1. The van der Waals surface area contributed by atoms with Crippen LogP contribution in [0, 0.1) is 0 Å². The Morgan fingerprint density at radius 3 is 2.40 bits per heavy atom. The molecule has 0 aliphatic heterocycles. The molecule has 0 fully saturated rings. The summed E-state index contributed by atoms with van der Waals surface area (Å²) < 4.78 is 10.4. The summed E-state index contributed by atoms with van der Waals surface area (Å²) in [5.41, 5.74) is 1.20. The van der Waals surface area contributed by atoms with E-state index in [4.69, 9.17) is 14.6 Å². The number of carboxylic acid groups (broad SMARTS) is 1. The second kappa shape index (κ2) is 5.52. The molecule has 0 atom stereocenters. The smallest absolute Gasteiger partial charge is 0.339 e. The van der Waals surface area contributed by atoms with Crippen molar-refractivity contribution >= 4 is 5.97 Å².